The topological polar surface area (TPSA) is 60.7 Å². The second-order valence-electron chi connectivity index (χ2n) is 7.79. The van der Waals surface area contributed by atoms with Gasteiger partial charge in [-0.05, 0) is 48.6 Å². The van der Waals surface area contributed by atoms with E-state index in [4.69, 9.17) is 0 Å². The van der Waals surface area contributed by atoms with E-state index in [1.165, 1.54) is 0 Å². The summed E-state index contributed by atoms with van der Waals surface area (Å²) in [6.45, 7) is 10.0. The van der Waals surface area contributed by atoms with Crippen molar-refractivity contribution < 1.29 is 15.3 Å². The van der Waals surface area contributed by atoms with Crippen LogP contribution in [0.5, 0.6) is 11.5 Å². The molecule has 3 nitrogen and oxygen atoms in total. The molecule has 3 heteroatoms. The number of rotatable bonds is 1. The van der Waals surface area contributed by atoms with E-state index in [2.05, 4.69) is 20.4 Å². The first-order chi connectivity index (χ1) is 10.2. The SMILES string of the molecule is C=C[C@]1(C)CCc2c3c(c(O)c(O)c2[C@H]1O)C(C)(C)CCC3. The molecule has 22 heavy (non-hydrogen) atoms. The van der Waals surface area contributed by atoms with Gasteiger partial charge in [-0.1, -0.05) is 26.8 Å². The van der Waals surface area contributed by atoms with Crippen molar-refractivity contribution >= 4 is 0 Å². The number of phenols is 2. The highest BCUT2D eigenvalue weighted by molar-refractivity contribution is 5.63. The maximum absolute atomic E-state index is 10.8. The molecule has 2 aliphatic rings. The number of benzene rings is 1. The summed E-state index contributed by atoms with van der Waals surface area (Å²) < 4.78 is 0. The largest absolute Gasteiger partial charge is 0.504 e. The number of phenolic OH excluding ortho intramolecular Hbond substituents is 2. The summed E-state index contributed by atoms with van der Waals surface area (Å²) in [5.74, 6) is -0.171. The average molecular weight is 302 g/mol. The lowest BCUT2D eigenvalue weighted by atomic mass is 9.64. The van der Waals surface area contributed by atoms with Crippen molar-refractivity contribution in [2.75, 3.05) is 0 Å². The Hall–Kier alpha value is -1.48. The van der Waals surface area contributed by atoms with Crippen LogP contribution in [0.3, 0.4) is 0 Å². The number of hydrogen-bond donors (Lipinski definition) is 3. The minimum absolute atomic E-state index is 0.0363. The molecule has 0 fully saturated rings. The molecule has 0 amide bonds. The van der Waals surface area contributed by atoms with Crippen LogP contribution in [0.2, 0.25) is 0 Å². The van der Waals surface area contributed by atoms with Crippen molar-refractivity contribution in [3.63, 3.8) is 0 Å². The van der Waals surface area contributed by atoms with Crippen molar-refractivity contribution in [2.45, 2.75) is 64.4 Å². The highest BCUT2D eigenvalue weighted by Gasteiger charge is 2.43. The normalized spacial score (nSPS) is 29.5. The van der Waals surface area contributed by atoms with Crippen LogP contribution in [0, 0.1) is 5.41 Å². The molecular weight excluding hydrogens is 276 g/mol. The maximum atomic E-state index is 10.8. The van der Waals surface area contributed by atoms with Gasteiger partial charge in [0, 0.05) is 16.5 Å². The van der Waals surface area contributed by atoms with Crippen molar-refractivity contribution in [1.29, 1.82) is 0 Å². The second-order valence-corrected chi connectivity index (χ2v) is 7.79. The minimum Gasteiger partial charge on any atom is -0.504 e. The minimum atomic E-state index is -0.824. The fourth-order valence-corrected chi connectivity index (χ4v) is 4.34. The molecule has 0 unspecified atom stereocenters. The Morgan fingerprint density at radius 2 is 1.73 bits per heavy atom. The molecule has 0 spiro atoms. The van der Waals surface area contributed by atoms with E-state index in [1.807, 2.05) is 6.92 Å². The molecule has 3 N–H and O–H groups in total. The summed E-state index contributed by atoms with van der Waals surface area (Å²) >= 11 is 0. The molecule has 0 saturated carbocycles. The van der Waals surface area contributed by atoms with E-state index in [-0.39, 0.29) is 16.9 Å². The smallest absolute Gasteiger partial charge is 0.163 e. The molecule has 0 aromatic heterocycles. The summed E-state index contributed by atoms with van der Waals surface area (Å²) in [4.78, 5) is 0. The van der Waals surface area contributed by atoms with Crippen molar-refractivity contribution in [3.8, 4) is 11.5 Å². The van der Waals surface area contributed by atoms with Gasteiger partial charge in [0.1, 0.15) is 0 Å². The van der Waals surface area contributed by atoms with Crippen LogP contribution < -0.4 is 0 Å². The van der Waals surface area contributed by atoms with Crippen LogP contribution in [-0.4, -0.2) is 15.3 Å². The van der Waals surface area contributed by atoms with Crippen LogP contribution in [0.1, 0.15) is 68.4 Å². The fraction of sp³-hybridized carbons (Fsp3) is 0.579. The molecule has 3 rings (SSSR count). The molecule has 2 atom stereocenters. The van der Waals surface area contributed by atoms with Gasteiger partial charge >= 0.3 is 0 Å². The Labute approximate surface area is 132 Å². The van der Waals surface area contributed by atoms with Crippen molar-refractivity contribution in [3.05, 3.63) is 34.9 Å². The maximum Gasteiger partial charge on any atom is 0.163 e. The molecule has 0 heterocycles. The van der Waals surface area contributed by atoms with E-state index >= 15 is 0 Å². The van der Waals surface area contributed by atoms with Gasteiger partial charge in [0.05, 0.1) is 6.10 Å². The van der Waals surface area contributed by atoms with Gasteiger partial charge in [0.2, 0.25) is 0 Å². The third-order valence-corrected chi connectivity index (χ3v) is 5.89. The Kier molecular flexibility index (Phi) is 3.33. The molecule has 1 aromatic carbocycles. The monoisotopic (exact) mass is 302 g/mol. The Balaban J connectivity index is 2.30. The number of aliphatic hydroxyl groups excluding tert-OH is 1. The summed E-state index contributed by atoms with van der Waals surface area (Å²) in [5.41, 5.74) is 2.98. The zero-order valence-electron chi connectivity index (χ0n) is 13.7. The van der Waals surface area contributed by atoms with Crippen molar-refractivity contribution in [1.82, 2.24) is 0 Å². The third-order valence-electron chi connectivity index (χ3n) is 5.89. The zero-order chi connectivity index (χ0) is 16.3. The fourth-order valence-electron chi connectivity index (χ4n) is 4.34. The van der Waals surface area contributed by atoms with Gasteiger partial charge < -0.3 is 15.3 Å². The number of fused-ring (bicyclic) bond motifs is 3. The van der Waals surface area contributed by atoms with Gasteiger partial charge in [-0.15, -0.1) is 6.58 Å². The van der Waals surface area contributed by atoms with E-state index in [0.29, 0.717) is 5.56 Å². The Bertz CT molecular complexity index is 645. The van der Waals surface area contributed by atoms with E-state index in [1.54, 1.807) is 6.08 Å². The third kappa shape index (κ3) is 1.91. The van der Waals surface area contributed by atoms with Crippen LogP contribution in [-0.2, 0) is 18.3 Å². The van der Waals surface area contributed by atoms with Crippen LogP contribution in [0.15, 0.2) is 12.7 Å². The first kappa shape index (κ1) is 15.4. The first-order valence-corrected chi connectivity index (χ1v) is 8.14. The van der Waals surface area contributed by atoms with E-state index < -0.39 is 11.5 Å². The lowest BCUT2D eigenvalue weighted by Crippen LogP contribution is -2.32. The van der Waals surface area contributed by atoms with Crippen molar-refractivity contribution in [2.24, 2.45) is 5.41 Å². The highest BCUT2D eigenvalue weighted by Crippen LogP contribution is 2.55. The molecule has 120 valence electrons. The molecule has 0 aliphatic heterocycles. The van der Waals surface area contributed by atoms with Gasteiger partial charge in [-0.2, -0.15) is 0 Å². The van der Waals surface area contributed by atoms with Crippen LogP contribution in [0.4, 0.5) is 0 Å². The predicted octanol–water partition coefficient (Wildman–Crippen LogP) is 3.88. The lowest BCUT2D eigenvalue weighted by Gasteiger charge is -2.42. The van der Waals surface area contributed by atoms with E-state index in [9.17, 15) is 15.3 Å². The molecule has 0 saturated heterocycles. The van der Waals surface area contributed by atoms with Gasteiger partial charge in [0.25, 0.3) is 0 Å². The Morgan fingerprint density at radius 1 is 1.05 bits per heavy atom. The summed E-state index contributed by atoms with van der Waals surface area (Å²) in [6.07, 6.45) is 5.54. The average Bonchev–Trinajstić information content (AvgIpc) is 2.46. The first-order valence-electron chi connectivity index (χ1n) is 8.14. The summed E-state index contributed by atoms with van der Waals surface area (Å²) in [5, 5.41) is 32.0. The zero-order valence-corrected chi connectivity index (χ0v) is 13.7. The van der Waals surface area contributed by atoms with Crippen LogP contribution in [0.25, 0.3) is 0 Å². The highest BCUT2D eigenvalue weighted by atomic mass is 16.3. The quantitative estimate of drug-likeness (QED) is 0.545. The molecular formula is C19H26O3. The van der Waals surface area contributed by atoms with Gasteiger partial charge in [-0.3, -0.25) is 0 Å². The molecule has 2 aliphatic carbocycles. The lowest BCUT2D eigenvalue weighted by molar-refractivity contribution is 0.0516. The van der Waals surface area contributed by atoms with Crippen LogP contribution >= 0.6 is 0 Å². The second kappa shape index (κ2) is 4.76. The van der Waals surface area contributed by atoms with Gasteiger partial charge in [0.15, 0.2) is 11.5 Å². The predicted molar refractivity (Wildman–Crippen MR) is 87.3 cm³/mol. The number of hydrogen-bond acceptors (Lipinski definition) is 3. The number of aliphatic hydroxyl groups is 1. The standard InChI is InChI=1S/C19H26O3/c1-5-19(4)10-8-11-12-7-6-9-18(2,3)14(12)16(21)15(20)13(11)17(19)22/h5,17,20-22H,1,6-10H2,2-4H3/t17-,19-/m1/s1. The summed E-state index contributed by atoms with van der Waals surface area (Å²) in [7, 11) is 0. The Morgan fingerprint density at radius 3 is 2.36 bits per heavy atom. The van der Waals surface area contributed by atoms with E-state index in [0.717, 1.165) is 48.8 Å². The number of aromatic hydroxyl groups is 2. The molecule has 1 aromatic rings. The summed E-state index contributed by atoms with van der Waals surface area (Å²) in [6, 6.07) is 0. The molecule has 0 bridgehead atoms. The van der Waals surface area contributed by atoms with Gasteiger partial charge in [-0.25, -0.2) is 0 Å². The molecule has 0 radical (unpaired) electrons.